The van der Waals surface area contributed by atoms with Gasteiger partial charge >= 0.3 is 5.69 Å². The fourth-order valence-electron chi connectivity index (χ4n) is 2.17. The van der Waals surface area contributed by atoms with Crippen LogP contribution in [0.5, 0.6) is 0 Å². The summed E-state index contributed by atoms with van der Waals surface area (Å²) in [5.74, 6) is -0.919. The van der Waals surface area contributed by atoms with Crippen molar-refractivity contribution in [1.82, 2.24) is 4.90 Å². The number of nitrogens with zero attached hydrogens (tertiary/aromatic N) is 2. The zero-order valence-corrected chi connectivity index (χ0v) is 10.5. The maximum absolute atomic E-state index is 13.2. The number of hydrogen-bond acceptors (Lipinski definition) is 4. The monoisotopic (exact) mass is 279 g/mol. The molecule has 1 heterocycles. The molecule has 1 aliphatic rings. The van der Waals surface area contributed by atoms with Crippen LogP contribution >= 0.6 is 0 Å². The van der Waals surface area contributed by atoms with Gasteiger partial charge < -0.3 is 14.8 Å². The van der Waals surface area contributed by atoms with E-state index in [9.17, 15) is 24.4 Å². The number of amides is 1. The zero-order chi connectivity index (χ0) is 14.7. The highest BCUT2D eigenvalue weighted by molar-refractivity contribution is 5.69. The maximum Gasteiger partial charge on any atom is 0.305 e. The van der Waals surface area contributed by atoms with E-state index in [-0.39, 0.29) is 0 Å². The second kappa shape index (κ2) is 5.68. The zero-order valence-electron chi connectivity index (χ0n) is 10.5. The maximum atomic E-state index is 13.2. The van der Waals surface area contributed by atoms with Gasteiger partial charge in [-0.3, -0.25) is 10.1 Å². The van der Waals surface area contributed by atoms with Gasteiger partial charge in [0.15, 0.2) is 0 Å². The molecule has 0 spiro atoms. The minimum absolute atomic E-state index is 0.345. The van der Waals surface area contributed by atoms with E-state index in [2.05, 4.69) is 0 Å². The fraction of sp³-hybridized carbons (Fsp3) is 0.308. The molecule has 0 saturated carbocycles. The number of likely N-dealkylation sites (tertiary alicyclic amines) is 1. The number of piperidine rings is 1. The van der Waals surface area contributed by atoms with Crippen molar-refractivity contribution in [2.24, 2.45) is 0 Å². The van der Waals surface area contributed by atoms with Gasteiger partial charge in [0, 0.05) is 18.3 Å². The molecule has 0 aliphatic carbocycles. The third-order valence-electron chi connectivity index (χ3n) is 3.13. The topological polar surface area (TPSA) is 86.5 Å². The lowest BCUT2D eigenvalue weighted by molar-refractivity contribution is -0.387. The Bertz CT molecular complexity index is 586. The second-order valence-electron chi connectivity index (χ2n) is 4.48. The van der Waals surface area contributed by atoms with Gasteiger partial charge in [0.2, 0.25) is 5.82 Å². The molecule has 1 aliphatic heterocycles. The molecule has 20 heavy (non-hydrogen) atoms. The Balaban J connectivity index is 2.35. The Morgan fingerprint density at radius 1 is 1.40 bits per heavy atom. The van der Waals surface area contributed by atoms with Gasteiger partial charge in [0.1, 0.15) is 6.09 Å². The first-order chi connectivity index (χ1) is 9.49. The number of nitro groups is 1. The van der Waals surface area contributed by atoms with E-state index in [0.717, 1.165) is 29.9 Å². The van der Waals surface area contributed by atoms with Crippen LogP contribution in [0.4, 0.5) is 14.9 Å². The first-order valence-corrected chi connectivity index (χ1v) is 6.12. The van der Waals surface area contributed by atoms with E-state index >= 15 is 0 Å². The summed E-state index contributed by atoms with van der Waals surface area (Å²) >= 11 is 0. The average molecular weight is 279 g/mol. The number of rotatable bonds is 2. The van der Waals surface area contributed by atoms with Crippen LogP contribution in [0.25, 0.3) is 6.08 Å². The Morgan fingerprint density at radius 2 is 2.15 bits per heavy atom. The average Bonchev–Trinajstić information content (AvgIpc) is 2.41. The van der Waals surface area contributed by atoms with Crippen molar-refractivity contribution < 1.29 is 19.2 Å². The molecule has 6 nitrogen and oxygen atoms in total. The SMILES string of the molecule is O=C([O-])N1CCCC/C1=C/c1ccc(F)c([N+](=O)[O-])c1. The van der Waals surface area contributed by atoms with Crippen LogP contribution in [-0.4, -0.2) is 22.5 Å². The van der Waals surface area contributed by atoms with Crippen molar-refractivity contribution in [2.45, 2.75) is 19.3 Å². The van der Waals surface area contributed by atoms with Crippen LogP contribution in [-0.2, 0) is 0 Å². The van der Waals surface area contributed by atoms with E-state index in [4.69, 9.17) is 0 Å². The normalized spacial score (nSPS) is 17.2. The van der Waals surface area contributed by atoms with Crippen molar-refractivity contribution in [3.63, 3.8) is 0 Å². The molecule has 0 unspecified atom stereocenters. The Morgan fingerprint density at radius 3 is 2.80 bits per heavy atom. The fourth-order valence-corrected chi connectivity index (χ4v) is 2.17. The number of benzene rings is 1. The van der Waals surface area contributed by atoms with E-state index in [0.29, 0.717) is 24.2 Å². The van der Waals surface area contributed by atoms with Crippen LogP contribution in [0.3, 0.4) is 0 Å². The smallest absolute Gasteiger partial charge is 0.305 e. The van der Waals surface area contributed by atoms with Gasteiger partial charge in [-0.1, -0.05) is 6.07 Å². The number of hydrogen-bond donors (Lipinski definition) is 0. The van der Waals surface area contributed by atoms with Crippen molar-refractivity contribution >= 4 is 17.9 Å². The number of nitro benzene ring substituents is 1. The number of halogens is 1. The van der Waals surface area contributed by atoms with Crippen LogP contribution in [0.2, 0.25) is 0 Å². The summed E-state index contributed by atoms with van der Waals surface area (Å²) in [6.07, 6.45) is 2.33. The summed E-state index contributed by atoms with van der Waals surface area (Å²) in [6.45, 7) is 0.345. The van der Waals surface area contributed by atoms with Gasteiger partial charge in [-0.2, -0.15) is 4.39 Å². The minimum atomic E-state index is -1.30. The molecule has 7 heteroatoms. The lowest BCUT2D eigenvalue weighted by Gasteiger charge is -2.31. The molecule has 1 fully saturated rings. The molecule has 1 saturated heterocycles. The third kappa shape index (κ3) is 2.93. The molecular formula is C13H12FN2O4-. The summed E-state index contributed by atoms with van der Waals surface area (Å²) in [5.41, 5.74) is 0.272. The molecule has 0 N–H and O–H groups in total. The van der Waals surface area contributed by atoms with E-state index in [1.807, 2.05) is 0 Å². The summed E-state index contributed by atoms with van der Waals surface area (Å²) in [5, 5.41) is 21.7. The van der Waals surface area contributed by atoms with E-state index < -0.39 is 22.5 Å². The molecule has 1 aromatic carbocycles. The summed E-state index contributed by atoms with van der Waals surface area (Å²) < 4.78 is 13.2. The molecule has 0 aromatic heterocycles. The number of carbonyl (C=O) groups is 1. The lowest BCUT2D eigenvalue weighted by atomic mass is 10.0. The number of allylic oxidation sites excluding steroid dienone is 1. The highest BCUT2D eigenvalue weighted by Crippen LogP contribution is 2.25. The summed E-state index contributed by atoms with van der Waals surface area (Å²) in [6, 6.07) is 3.46. The van der Waals surface area contributed by atoms with Crippen LogP contribution in [0.15, 0.2) is 23.9 Å². The molecule has 0 atom stereocenters. The Hall–Kier alpha value is -2.44. The molecule has 2 rings (SSSR count). The predicted molar refractivity (Wildman–Crippen MR) is 67.0 cm³/mol. The summed E-state index contributed by atoms with van der Waals surface area (Å²) in [4.78, 5) is 22.0. The molecule has 0 radical (unpaired) electrons. The largest absolute Gasteiger partial charge is 0.530 e. The quantitative estimate of drug-likeness (QED) is 0.611. The molecule has 1 aromatic rings. The molecular weight excluding hydrogens is 267 g/mol. The van der Waals surface area contributed by atoms with Gasteiger partial charge in [0.05, 0.1) is 4.92 Å². The lowest BCUT2D eigenvalue weighted by Crippen LogP contribution is -2.42. The van der Waals surface area contributed by atoms with Gasteiger partial charge in [-0.15, -0.1) is 0 Å². The standard InChI is InChI=1S/C13H13FN2O4/c14-11-5-4-9(8-12(11)16(19)20)7-10-3-1-2-6-15(10)13(17)18/h4-5,7-8H,1-3,6H2,(H,17,18)/p-1/b10-7-. The third-order valence-corrected chi connectivity index (χ3v) is 3.13. The highest BCUT2D eigenvalue weighted by Gasteiger charge is 2.17. The Labute approximate surface area is 114 Å². The summed E-state index contributed by atoms with van der Waals surface area (Å²) in [7, 11) is 0. The second-order valence-corrected chi connectivity index (χ2v) is 4.48. The van der Waals surface area contributed by atoms with Gasteiger partial charge in [-0.25, -0.2) is 0 Å². The van der Waals surface area contributed by atoms with Crippen molar-refractivity contribution in [2.75, 3.05) is 6.54 Å². The van der Waals surface area contributed by atoms with Crippen molar-refractivity contribution in [1.29, 1.82) is 0 Å². The van der Waals surface area contributed by atoms with Crippen LogP contribution in [0.1, 0.15) is 24.8 Å². The van der Waals surface area contributed by atoms with Gasteiger partial charge in [-0.05, 0) is 37.0 Å². The minimum Gasteiger partial charge on any atom is -0.530 e. The van der Waals surface area contributed by atoms with Crippen molar-refractivity contribution in [3.05, 3.63) is 45.4 Å². The van der Waals surface area contributed by atoms with Crippen molar-refractivity contribution in [3.8, 4) is 0 Å². The van der Waals surface area contributed by atoms with E-state index in [1.54, 1.807) is 0 Å². The predicted octanol–water partition coefficient (Wildman–Crippen LogP) is 1.90. The van der Waals surface area contributed by atoms with Gasteiger partial charge in [0.25, 0.3) is 0 Å². The molecule has 0 bridgehead atoms. The first kappa shape index (κ1) is 14.0. The Kier molecular flexibility index (Phi) is 3.97. The molecule has 1 amide bonds. The number of carbonyl (C=O) groups excluding carboxylic acids is 1. The number of carboxylic acid groups (broad SMARTS) is 1. The first-order valence-electron chi connectivity index (χ1n) is 6.12. The van der Waals surface area contributed by atoms with Crippen LogP contribution < -0.4 is 5.11 Å². The highest BCUT2D eigenvalue weighted by atomic mass is 19.1. The molecule has 106 valence electrons. The van der Waals surface area contributed by atoms with E-state index in [1.165, 1.54) is 12.1 Å². The van der Waals surface area contributed by atoms with Crippen LogP contribution in [0, 0.1) is 15.9 Å².